The summed E-state index contributed by atoms with van der Waals surface area (Å²) in [6.07, 6.45) is 0. The van der Waals surface area contributed by atoms with Crippen LogP contribution in [0.15, 0.2) is 0 Å². The molecule has 1 N–H and O–H groups in total. The van der Waals surface area contributed by atoms with Gasteiger partial charge in [-0.3, -0.25) is 4.55 Å². The maximum atomic E-state index is 11.4. The molecule has 0 heterocycles. The second-order valence-electron chi connectivity index (χ2n) is 5.82. The summed E-state index contributed by atoms with van der Waals surface area (Å²) in [6.45, 7) is 7.21. The summed E-state index contributed by atoms with van der Waals surface area (Å²) in [7, 11) is 3.25. The van der Waals surface area contributed by atoms with E-state index in [9.17, 15) is 8.76 Å². The van der Waals surface area contributed by atoms with Gasteiger partial charge in [-0.15, -0.1) is 0 Å². The molecule has 0 amide bonds. The van der Waals surface area contributed by atoms with Crippen molar-refractivity contribution in [1.29, 1.82) is 0 Å². The van der Waals surface area contributed by atoms with Crippen LogP contribution in [0.5, 0.6) is 0 Å². The highest BCUT2D eigenvalue weighted by atomic mass is 32.2. The molecule has 1 atom stereocenters. The Labute approximate surface area is 182 Å². The van der Waals surface area contributed by atoms with Crippen molar-refractivity contribution in [3.63, 3.8) is 0 Å². The highest BCUT2D eigenvalue weighted by Crippen LogP contribution is 1.94. The van der Waals surface area contributed by atoms with Gasteiger partial charge in [0.2, 0.25) is 11.3 Å². The van der Waals surface area contributed by atoms with E-state index in [4.69, 9.17) is 37.9 Å². The van der Waals surface area contributed by atoms with E-state index >= 15 is 0 Å². The predicted molar refractivity (Wildman–Crippen MR) is 111 cm³/mol. The molecule has 0 aliphatic rings. The van der Waals surface area contributed by atoms with Crippen LogP contribution in [0.2, 0.25) is 0 Å². The summed E-state index contributed by atoms with van der Waals surface area (Å²) >= 11 is -2.08. The lowest BCUT2D eigenvalue weighted by Crippen LogP contribution is -2.33. The van der Waals surface area contributed by atoms with Gasteiger partial charge in [-0.1, -0.05) is 0 Å². The van der Waals surface area contributed by atoms with Crippen molar-refractivity contribution in [3.05, 3.63) is 0 Å². The Morgan fingerprint density at radius 1 is 0.533 bits per heavy atom. The number of nitrogens with zero attached hydrogens (tertiary/aromatic N) is 1. The van der Waals surface area contributed by atoms with Crippen LogP contribution in [0, 0.1) is 0 Å². The topological polar surface area (TPSA) is 114 Å². The van der Waals surface area contributed by atoms with Gasteiger partial charge in [0.05, 0.1) is 92.5 Å². The Morgan fingerprint density at radius 3 is 1.07 bits per heavy atom. The van der Waals surface area contributed by atoms with Gasteiger partial charge in [-0.2, -0.15) is 4.31 Å². The summed E-state index contributed by atoms with van der Waals surface area (Å²) in [4.78, 5) is 0. The highest BCUT2D eigenvalue weighted by Gasteiger charge is 2.10. The van der Waals surface area contributed by atoms with E-state index < -0.39 is 11.3 Å². The van der Waals surface area contributed by atoms with Crippen LogP contribution >= 0.6 is 0 Å². The van der Waals surface area contributed by atoms with E-state index in [1.807, 2.05) is 0 Å². The minimum Gasteiger partial charge on any atom is -0.382 e. The average molecular weight is 462 g/mol. The molecule has 0 aromatic heterocycles. The molecule has 0 rings (SSSR count). The summed E-state index contributed by atoms with van der Waals surface area (Å²) in [5.41, 5.74) is 0. The lowest BCUT2D eigenvalue weighted by molar-refractivity contribution is -0.000869. The first-order valence-electron chi connectivity index (χ1n) is 10.0. The predicted octanol–water partition coefficient (Wildman–Crippen LogP) is -0.182. The Morgan fingerprint density at radius 2 is 0.800 bits per heavy atom. The maximum absolute atomic E-state index is 11.4. The lowest BCUT2D eigenvalue weighted by Gasteiger charge is -2.17. The van der Waals surface area contributed by atoms with Gasteiger partial charge in [-0.25, -0.2) is 4.21 Å². The molecule has 0 saturated heterocycles. The molecular weight excluding hydrogens is 422 g/mol. The van der Waals surface area contributed by atoms with Gasteiger partial charge < -0.3 is 37.9 Å². The van der Waals surface area contributed by atoms with Crippen LogP contribution in [0.1, 0.15) is 0 Å². The van der Waals surface area contributed by atoms with Crippen molar-refractivity contribution < 1.29 is 46.7 Å². The largest absolute Gasteiger partial charge is 0.382 e. The number of hydrogen-bond donors (Lipinski definition) is 1. The van der Waals surface area contributed by atoms with Gasteiger partial charge in [0.15, 0.2) is 0 Å². The quantitative estimate of drug-likeness (QED) is 0.145. The summed E-state index contributed by atoms with van der Waals surface area (Å²) in [5, 5.41) is 0. The molecule has 0 fully saturated rings. The molecule has 0 aromatic carbocycles. The van der Waals surface area contributed by atoms with E-state index in [-0.39, 0.29) is 0 Å². The Hall–Kier alpha value is -0.250. The van der Waals surface area contributed by atoms with Crippen LogP contribution in [0.25, 0.3) is 0 Å². The smallest absolute Gasteiger partial charge is 0.234 e. The number of ether oxygens (including phenoxy) is 8. The van der Waals surface area contributed by atoms with Crippen molar-refractivity contribution in [2.45, 2.75) is 0 Å². The molecule has 0 aromatic rings. The van der Waals surface area contributed by atoms with Crippen LogP contribution in [-0.4, -0.2) is 133 Å². The monoisotopic (exact) mass is 461 g/mol. The van der Waals surface area contributed by atoms with Crippen molar-refractivity contribution in [2.75, 3.05) is 120 Å². The van der Waals surface area contributed by atoms with Crippen LogP contribution in [0.3, 0.4) is 0 Å². The van der Waals surface area contributed by atoms with Gasteiger partial charge in [0.1, 0.15) is 0 Å². The molecule has 0 saturated carbocycles. The number of methoxy groups -OCH3 is 2. The maximum Gasteiger partial charge on any atom is 0.234 e. The SMILES string of the molecule is COCCOCCOCCOCCN(CCOCCOCCOCCOC)S(=O)O. The lowest BCUT2D eigenvalue weighted by atomic mass is 10.6. The fraction of sp³-hybridized carbons (Fsp3) is 1.00. The van der Waals surface area contributed by atoms with Crippen LogP contribution in [0.4, 0.5) is 0 Å². The molecule has 12 heteroatoms. The van der Waals surface area contributed by atoms with Gasteiger partial charge in [-0.05, 0) is 0 Å². The fourth-order valence-corrected chi connectivity index (χ4v) is 2.43. The third kappa shape index (κ3) is 22.4. The minimum absolute atomic E-state index is 0.321. The molecule has 0 aliphatic heterocycles. The van der Waals surface area contributed by atoms with Crippen molar-refractivity contribution in [1.82, 2.24) is 4.31 Å². The summed E-state index contributed by atoms with van der Waals surface area (Å²) in [6, 6.07) is 0. The zero-order valence-corrected chi connectivity index (χ0v) is 19.1. The Balaban J connectivity index is 3.43. The minimum atomic E-state index is -2.08. The van der Waals surface area contributed by atoms with E-state index in [2.05, 4.69) is 0 Å². The van der Waals surface area contributed by atoms with E-state index in [1.54, 1.807) is 14.2 Å². The van der Waals surface area contributed by atoms with E-state index in [0.717, 1.165) is 0 Å². The standard InChI is InChI=1S/C18H39NO10S/c1-22-7-9-26-15-17-28-13-11-24-5-3-19(30(20)21)4-6-25-12-14-29-18-16-27-10-8-23-2/h3-18H2,1-2H3,(H,20,21). The molecule has 0 bridgehead atoms. The number of rotatable bonds is 25. The highest BCUT2D eigenvalue weighted by molar-refractivity contribution is 7.76. The van der Waals surface area contributed by atoms with Crippen molar-refractivity contribution in [2.24, 2.45) is 0 Å². The Bertz CT molecular complexity index is 342. The first-order chi connectivity index (χ1) is 14.7. The fourth-order valence-electron chi connectivity index (χ4n) is 1.97. The molecule has 1 unspecified atom stereocenters. The third-order valence-corrected chi connectivity index (χ3v) is 4.35. The average Bonchev–Trinajstić information content (AvgIpc) is 2.74. The molecule has 0 aliphatic carbocycles. The molecule has 11 nitrogen and oxygen atoms in total. The zero-order chi connectivity index (χ0) is 22.1. The first-order valence-corrected chi connectivity index (χ1v) is 11.1. The number of hydrogen-bond acceptors (Lipinski definition) is 9. The van der Waals surface area contributed by atoms with E-state index in [1.165, 1.54) is 4.31 Å². The molecular formula is C18H39NO10S. The molecule has 30 heavy (non-hydrogen) atoms. The molecule has 182 valence electrons. The summed E-state index contributed by atoms with van der Waals surface area (Å²) in [5.74, 6) is 0. The first kappa shape index (κ1) is 29.8. The Kier molecular flexibility index (Phi) is 24.8. The second kappa shape index (κ2) is 25.0. The van der Waals surface area contributed by atoms with Gasteiger partial charge in [0.25, 0.3) is 0 Å². The van der Waals surface area contributed by atoms with E-state index in [0.29, 0.717) is 106 Å². The zero-order valence-electron chi connectivity index (χ0n) is 18.3. The summed E-state index contributed by atoms with van der Waals surface area (Å²) < 4.78 is 63.8. The second-order valence-corrected chi connectivity index (χ2v) is 6.80. The van der Waals surface area contributed by atoms with Crippen molar-refractivity contribution >= 4 is 11.3 Å². The van der Waals surface area contributed by atoms with Gasteiger partial charge in [0, 0.05) is 27.3 Å². The molecule has 0 spiro atoms. The van der Waals surface area contributed by atoms with Crippen LogP contribution in [-0.2, 0) is 49.2 Å². The third-order valence-electron chi connectivity index (χ3n) is 3.54. The van der Waals surface area contributed by atoms with Gasteiger partial charge >= 0.3 is 0 Å². The van der Waals surface area contributed by atoms with Crippen molar-refractivity contribution in [3.8, 4) is 0 Å². The molecule has 0 radical (unpaired) electrons. The normalized spacial score (nSPS) is 12.7. The van der Waals surface area contributed by atoms with Crippen LogP contribution < -0.4 is 0 Å².